The van der Waals surface area contributed by atoms with E-state index in [2.05, 4.69) is 29.4 Å². The van der Waals surface area contributed by atoms with Crippen LogP contribution in [-0.4, -0.2) is 37.0 Å². The van der Waals surface area contributed by atoms with E-state index in [0.717, 1.165) is 23.2 Å². The van der Waals surface area contributed by atoms with E-state index in [1.807, 2.05) is 53.9 Å². The molecule has 2 unspecified atom stereocenters. The number of sulfonamides is 1. The van der Waals surface area contributed by atoms with Crippen LogP contribution in [0.3, 0.4) is 0 Å². The third-order valence-electron chi connectivity index (χ3n) is 5.52. The van der Waals surface area contributed by atoms with Crippen LogP contribution in [0.1, 0.15) is 25.8 Å². The molecular formula is C25H28N4O2S2. The molecule has 2 aromatic carbocycles. The lowest BCUT2D eigenvalue weighted by atomic mass is 9.94. The molecule has 6 nitrogen and oxygen atoms in total. The molecule has 1 saturated heterocycles. The standard InChI is InChI=1S/C25H28N4O2S2/c1-19-14-20(2)17-29(16-19)33(30,31)23-12-6-11-22(15-23)24-18-32-25(27-24)28-26-13-7-10-21-8-4-3-5-9-21/h3-13,15,18-20H,14,16-17H2,1-2H3,(H,27,28). The molecule has 172 valence electrons. The van der Waals surface area contributed by atoms with Crippen LogP contribution in [0.15, 0.2) is 76.1 Å². The summed E-state index contributed by atoms with van der Waals surface area (Å²) < 4.78 is 28.1. The number of aromatic nitrogens is 1. The van der Waals surface area contributed by atoms with Crippen molar-refractivity contribution in [3.63, 3.8) is 0 Å². The number of anilines is 1. The van der Waals surface area contributed by atoms with E-state index in [-0.39, 0.29) is 0 Å². The van der Waals surface area contributed by atoms with Crippen molar-refractivity contribution in [2.75, 3.05) is 18.5 Å². The number of piperidine rings is 1. The van der Waals surface area contributed by atoms with Crippen molar-refractivity contribution in [2.45, 2.75) is 25.2 Å². The molecule has 1 aromatic heterocycles. The largest absolute Gasteiger partial charge is 0.253 e. The molecule has 1 aliphatic rings. The summed E-state index contributed by atoms with van der Waals surface area (Å²) >= 11 is 1.42. The number of nitrogens with one attached hydrogen (secondary N) is 1. The molecule has 2 atom stereocenters. The van der Waals surface area contributed by atoms with Gasteiger partial charge in [-0.15, -0.1) is 11.3 Å². The van der Waals surface area contributed by atoms with Gasteiger partial charge in [0.25, 0.3) is 0 Å². The number of thiazole rings is 1. The van der Waals surface area contributed by atoms with Crippen LogP contribution >= 0.6 is 11.3 Å². The molecule has 33 heavy (non-hydrogen) atoms. The van der Waals surface area contributed by atoms with Crippen LogP contribution in [0.25, 0.3) is 17.3 Å². The smallest absolute Gasteiger partial charge is 0.243 e. The fraction of sp³-hybridized carbons (Fsp3) is 0.280. The van der Waals surface area contributed by atoms with Gasteiger partial charge in [0.05, 0.1) is 10.6 Å². The summed E-state index contributed by atoms with van der Waals surface area (Å²) in [6.07, 6.45) is 6.55. The molecule has 3 aromatic rings. The lowest BCUT2D eigenvalue weighted by Crippen LogP contribution is -2.42. The molecule has 0 bridgehead atoms. The van der Waals surface area contributed by atoms with Crippen molar-refractivity contribution in [3.8, 4) is 11.3 Å². The second-order valence-electron chi connectivity index (χ2n) is 8.49. The maximum Gasteiger partial charge on any atom is 0.243 e. The van der Waals surface area contributed by atoms with E-state index in [1.165, 1.54) is 11.3 Å². The first-order valence-corrected chi connectivity index (χ1v) is 13.3. The lowest BCUT2D eigenvalue weighted by molar-refractivity contribution is 0.222. The summed E-state index contributed by atoms with van der Waals surface area (Å²) in [6.45, 7) is 5.35. The second-order valence-corrected chi connectivity index (χ2v) is 11.3. The molecule has 2 heterocycles. The van der Waals surface area contributed by atoms with Crippen molar-refractivity contribution >= 4 is 38.8 Å². The summed E-state index contributed by atoms with van der Waals surface area (Å²) in [4.78, 5) is 4.87. The van der Waals surface area contributed by atoms with Crippen molar-refractivity contribution in [1.82, 2.24) is 9.29 Å². The Morgan fingerprint density at radius 2 is 1.85 bits per heavy atom. The molecular weight excluding hydrogens is 452 g/mol. The summed E-state index contributed by atoms with van der Waals surface area (Å²) in [5.41, 5.74) is 5.51. The number of hydrogen-bond donors (Lipinski definition) is 1. The van der Waals surface area contributed by atoms with Gasteiger partial charge in [-0.25, -0.2) is 13.4 Å². The van der Waals surface area contributed by atoms with Crippen molar-refractivity contribution < 1.29 is 8.42 Å². The average Bonchev–Trinajstić information content (AvgIpc) is 3.28. The molecule has 4 rings (SSSR count). The van der Waals surface area contributed by atoms with E-state index in [0.29, 0.717) is 35.0 Å². The summed E-state index contributed by atoms with van der Waals surface area (Å²) in [5.74, 6) is 0.726. The van der Waals surface area contributed by atoms with E-state index >= 15 is 0 Å². The van der Waals surface area contributed by atoms with Crippen LogP contribution < -0.4 is 5.43 Å². The zero-order chi connectivity index (χ0) is 23.3. The van der Waals surface area contributed by atoms with E-state index in [1.54, 1.807) is 28.7 Å². The number of hydrogen-bond acceptors (Lipinski definition) is 6. The van der Waals surface area contributed by atoms with Crippen LogP contribution in [-0.2, 0) is 10.0 Å². The Hall–Kier alpha value is -2.81. The van der Waals surface area contributed by atoms with Crippen LogP contribution in [0.4, 0.5) is 5.13 Å². The van der Waals surface area contributed by atoms with Crippen molar-refractivity contribution in [3.05, 3.63) is 71.6 Å². The fourth-order valence-corrected chi connectivity index (χ4v) is 6.47. The van der Waals surface area contributed by atoms with Gasteiger partial charge in [0.15, 0.2) is 0 Å². The monoisotopic (exact) mass is 480 g/mol. The predicted octanol–water partition coefficient (Wildman–Crippen LogP) is 5.59. The van der Waals surface area contributed by atoms with Gasteiger partial charge in [-0.1, -0.05) is 62.4 Å². The predicted molar refractivity (Wildman–Crippen MR) is 137 cm³/mol. The highest BCUT2D eigenvalue weighted by atomic mass is 32.2. The van der Waals surface area contributed by atoms with E-state index in [4.69, 9.17) is 0 Å². The molecule has 1 N–H and O–H groups in total. The van der Waals surface area contributed by atoms with Crippen LogP contribution in [0.2, 0.25) is 0 Å². The number of rotatable bonds is 7. The van der Waals surface area contributed by atoms with Gasteiger partial charge in [-0.2, -0.15) is 9.41 Å². The maximum atomic E-state index is 13.2. The normalized spacial score (nSPS) is 19.9. The third-order valence-corrected chi connectivity index (χ3v) is 8.09. The summed E-state index contributed by atoms with van der Waals surface area (Å²) in [5, 5.41) is 6.72. The highest BCUT2D eigenvalue weighted by Gasteiger charge is 2.31. The van der Waals surface area contributed by atoms with Gasteiger partial charge in [-0.3, -0.25) is 5.43 Å². The number of benzene rings is 2. The first-order valence-electron chi connectivity index (χ1n) is 11.0. The minimum absolute atomic E-state index is 0.313. The molecule has 1 aliphatic heterocycles. The Kier molecular flexibility index (Phi) is 7.37. The molecule has 0 amide bonds. The third kappa shape index (κ3) is 5.96. The number of hydrazone groups is 1. The zero-order valence-corrected chi connectivity index (χ0v) is 20.4. The van der Waals surface area contributed by atoms with Gasteiger partial charge in [0.2, 0.25) is 15.2 Å². The highest BCUT2D eigenvalue weighted by molar-refractivity contribution is 7.89. The molecule has 0 saturated carbocycles. The van der Waals surface area contributed by atoms with Gasteiger partial charge in [0.1, 0.15) is 0 Å². The van der Waals surface area contributed by atoms with Gasteiger partial charge < -0.3 is 0 Å². The van der Waals surface area contributed by atoms with E-state index < -0.39 is 10.0 Å². The molecule has 0 spiro atoms. The Morgan fingerprint density at radius 1 is 1.09 bits per heavy atom. The number of allylic oxidation sites excluding steroid dienone is 1. The Morgan fingerprint density at radius 3 is 2.61 bits per heavy atom. The summed E-state index contributed by atoms with van der Waals surface area (Å²) in [6, 6.07) is 17.0. The SMILES string of the molecule is CC1CC(C)CN(S(=O)(=O)c2cccc(-c3csc(NN=CC=Cc4ccccc4)n3)c2)C1. The Labute approximate surface area is 199 Å². The number of nitrogens with zero attached hydrogens (tertiary/aromatic N) is 3. The molecule has 8 heteroatoms. The lowest BCUT2D eigenvalue weighted by Gasteiger charge is -2.34. The van der Waals surface area contributed by atoms with Crippen LogP contribution in [0, 0.1) is 11.8 Å². The summed E-state index contributed by atoms with van der Waals surface area (Å²) in [7, 11) is -3.53. The molecule has 0 radical (unpaired) electrons. The first-order chi connectivity index (χ1) is 15.9. The van der Waals surface area contributed by atoms with E-state index in [9.17, 15) is 8.42 Å². The molecule has 1 fully saturated rings. The quantitative estimate of drug-likeness (QED) is 0.353. The minimum Gasteiger partial charge on any atom is -0.253 e. The molecule has 0 aliphatic carbocycles. The fourth-order valence-electron chi connectivity index (χ4n) is 4.08. The van der Waals surface area contributed by atoms with Crippen molar-refractivity contribution in [2.24, 2.45) is 16.9 Å². The minimum atomic E-state index is -3.53. The van der Waals surface area contributed by atoms with Gasteiger partial charge in [-0.05, 0) is 42.0 Å². The van der Waals surface area contributed by atoms with Crippen molar-refractivity contribution in [1.29, 1.82) is 0 Å². The Balaban J connectivity index is 1.44. The first kappa shape index (κ1) is 23.4. The topological polar surface area (TPSA) is 74.7 Å². The second kappa shape index (κ2) is 10.4. The Bertz CT molecular complexity index is 1230. The maximum absolute atomic E-state index is 13.2. The average molecular weight is 481 g/mol. The zero-order valence-electron chi connectivity index (χ0n) is 18.8. The van der Waals surface area contributed by atoms with Gasteiger partial charge >= 0.3 is 0 Å². The van der Waals surface area contributed by atoms with Gasteiger partial charge in [0, 0.05) is 30.2 Å². The van der Waals surface area contributed by atoms with Crippen LogP contribution in [0.5, 0.6) is 0 Å². The highest BCUT2D eigenvalue weighted by Crippen LogP contribution is 2.30.